The predicted octanol–water partition coefficient (Wildman–Crippen LogP) is 7.42. The van der Waals surface area contributed by atoms with Crippen LogP contribution in [0, 0.1) is 0 Å². The third-order valence-electron chi connectivity index (χ3n) is 7.70. The van der Waals surface area contributed by atoms with Crippen LogP contribution in [0.15, 0.2) is 0 Å². The number of quaternary nitrogens is 2. The lowest BCUT2D eigenvalue weighted by Gasteiger charge is -2.32. The van der Waals surface area contributed by atoms with Crippen molar-refractivity contribution in [1.29, 1.82) is 0 Å². The largest absolute Gasteiger partial charge is 0.327 e. The van der Waals surface area contributed by atoms with Gasteiger partial charge in [-0.15, -0.1) is 0 Å². The third kappa shape index (κ3) is 14.9. The van der Waals surface area contributed by atoms with Crippen LogP contribution in [-0.2, 0) is 0 Å². The van der Waals surface area contributed by atoms with Crippen LogP contribution < -0.4 is 0 Å². The number of hydrogen-bond acceptors (Lipinski definition) is 0. The van der Waals surface area contributed by atoms with Crippen LogP contribution in [0.3, 0.4) is 0 Å². The van der Waals surface area contributed by atoms with E-state index in [1.165, 1.54) is 138 Å². The van der Waals surface area contributed by atoms with E-state index in [1.54, 1.807) is 0 Å². The van der Waals surface area contributed by atoms with Gasteiger partial charge in [0.05, 0.1) is 53.4 Å². The topological polar surface area (TPSA) is 0 Å². The first-order chi connectivity index (χ1) is 13.4. The Hall–Kier alpha value is -0.0800. The lowest BCUT2D eigenvalue weighted by Crippen LogP contribution is -2.44. The Bertz CT molecular complexity index is 286. The highest BCUT2D eigenvalue weighted by Crippen LogP contribution is 2.14. The molecule has 0 amide bonds. The van der Waals surface area contributed by atoms with Crippen molar-refractivity contribution in [3.8, 4) is 0 Å². The van der Waals surface area contributed by atoms with Gasteiger partial charge in [0, 0.05) is 0 Å². The van der Waals surface area contributed by atoms with Crippen LogP contribution in [0.25, 0.3) is 0 Å². The molecule has 0 atom stereocenters. The van der Waals surface area contributed by atoms with Crippen molar-refractivity contribution >= 4 is 0 Å². The zero-order valence-corrected chi connectivity index (χ0v) is 21.0. The van der Waals surface area contributed by atoms with Gasteiger partial charge < -0.3 is 8.97 Å². The zero-order chi connectivity index (χ0) is 21.1. The van der Waals surface area contributed by atoms with E-state index in [4.69, 9.17) is 0 Å². The summed E-state index contributed by atoms with van der Waals surface area (Å²) in [6.07, 6.45) is 20.4. The van der Waals surface area contributed by atoms with Gasteiger partial charge in [0.15, 0.2) is 0 Å². The molecule has 0 radical (unpaired) electrons. The summed E-state index contributed by atoms with van der Waals surface area (Å²) >= 11 is 0. The summed E-state index contributed by atoms with van der Waals surface area (Å²) in [5.41, 5.74) is 0. The van der Waals surface area contributed by atoms with E-state index in [9.17, 15) is 0 Å². The highest BCUT2D eigenvalue weighted by atomic mass is 15.3. The molecule has 0 spiro atoms. The van der Waals surface area contributed by atoms with E-state index in [0.29, 0.717) is 0 Å². The Morgan fingerprint density at radius 1 is 0.321 bits per heavy atom. The highest BCUT2D eigenvalue weighted by Gasteiger charge is 2.15. The Balaban J connectivity index is 3.26. The first-order valence-corrected chi connectivity index (χ1v) is 13.1. The second kappa shape index (κ2) is 17.8. The molecule has 0 aromatic heterocycles. The smallest absolute Gasteiger partial charge is 0.0784 e. The van der Waals surface area contributed by atoms with Gasteiger partial charge in [-0.25, -0.2) is 0 Å². The van der Waals surface area contributed by atoms with E-state index in [1.807, 2.05) is 0 Å². The van der Waals surface area contributed by atoms with Gasteiger partial charge in [-0.2, -0.15) is 0 Å². The number of unbranched alkanes of at least 4 members (excludes halogenated alkanes) is 13. The van der Waals surface area contributed by atoms with E-state index < -0.39 is 0 Å². The minimum absolute atomic E-state index is 1.26. The number of hydrogen-bond donors (Lipinski definition) is 0. The summed E-state index contributed by atoms with van der Waals surface area (Å²) in [6, 6.07) is 0. The minimum Gasteiger partial charge on any atom is -0.327 e. The highest BCUT2D eigenvalue weighted by molar-refractivity contribution is 4.50. The molecule has 2 nitrogen and oxygen atoms in total. The Morgan fingerprint density at radius 2 is 0.500 bits per heavy atom. The van der Waals surface area contributed by atoms with Gasteiger partial charge in [0.2, 0.25) is 0 Å². The van der Waals surface area contributed by atoms with Crippen molar-refractivity contribution in [3.63, 3.8) is 0 Å². The molecule has 28 heavy (non-hydrogen) atoms. The molecule has 0 saturated carbocycles. The lowest BCUT2D eigenvalue weighted by atomic mass is 10.0. The summed E-state index contributed by atoms with van der Waals surface area (Å²) in [4.78, 5) is 0. The molecule has 0 heterocycles. The quantitative estimate of drug-likeness (QED) is 0.139. The van der Waals surface area contributed by atoms with Gasteiger partial charge in [-0.1, -0.05) is 64.2 Å². The van der Waals surface area contributed by atoms with E-state index in [0.717, 1.165) is 0 Å². The van der Waals surface area contributed by atoms with Gasteiger partial charge >= 0.3 is 0 Å². The number of rotatable bonds is 21. The van der Waals surface area contributed by atoms with Crippen LogP contribution in [0.4, 0.5) is 0 Å². The first-order valence-electron chi connectivity index (χ1n) is 13.1. The molecule has 0 rings (SSSR count). The van der Waals surface area contributed by atoms with Crippen LogP contribution in [-0.4, -0.2) is 62.3 Å². The zero-order valence-electron chi connectivity index (χ0n) is 21.0. The molecule has 0 aliphatic rings. The lowest BCUT2D eigenvalue weighted by molar-refractivity contribution is -0.906. The Morgan fingerprint density at radius 3 is 0.679 bits per heavy atom. The van der Waals surface area contributed by atoms with E-state index >= 15 is 0 Å². The minimum atomic E-state index is 1.26. The number of nitrogens with zero attached hydrogens (tertiary/aromatic N) is 2. The molecule has 170 valence electrons. The molecule has 0 saturated heterocycles. The van der Waals surface area contributed by atoms with E-state index in [2.05, 4.69) is 41.8 Å². The molecule has 0 bridgehead atoms. The molecule has 0 N–H and O–H groups in total. The van der Waals surface area contributed by atoms with Crippen molar-refractivity contribution in [2.75, 3.05) is 53.4 Å². The van der Waals surface area contributed by atoms with Gasteiger partial charge in [0.25, 0.3) is 0 Å². The first kappa shape index (κ1) is 27.9. The Labute approximate surface area is 180 Å². The van der Waals surface area contributed by atoms with Crippen molar-refractivity contribution in [2.24, 2.45) is 0 Å². The standard InChI is InChI=1S/C26H58N2/c1-7-27(5,8-2)25-23-21-19-17-15-13-11-12-14-16-18-20-22-24-26-28(6,9-3)10-4/h7-26H2,1-6H3/q+2. The third-order valence-corrected chi connectivity index (χ3v) is 7.70. The summed E-state index contributed by atoms with van der Waals surface area (Å²) in [6.45, 7) is 17.2. The molecule has 0 fully saturated rings. The van der Waals surface area contributed by atoms with Crippen LogP contribution in [0.5, 0.6) is 0 Å². The van der Waals surface area contributed by atoms with Crippen molar-refractivity contribution in [1.82, 2.24) is 0 Å². The van der Waals surface area contributed by atoms with Crippen molar-refractivity contribution < 1.29 is 8.97 Å². The molecule has 0 aliphatic carbocycles. The maximum Gasteiger partial charge on any atom is 0.0784 e. The van der Waals surface area contributed by atoms with Crippen LogP contribution in [0.2, 0.25) is 0 Å². The second-order valence-corrected chi connectivity index (χ2v) is 9.90. The molecule has 0 aromatic rings. The second-order valence-electron chi connectivity index (χ2n) is 9.90. The molecule has 2 heteroatoms. The van der Waals surface area contributed by atoms with Gasteiger partial charge in [0.1, 0.15) is 0 Å². The summed E-state index contributed by atoms with van der Waals surface area (Å²) in [5, 5.41) is 0. The molecule has 0 aliphatic heterocycles. The van der Waals surface area contributed by atoms with Gasteiger partial charge in [-0.05, 0) is 53.4 Å². The van der Waals surface area contributed by atoms with Crippen LogP contribution in [0.1, 0.15) is 118 Å². The average molecular weight is 399 g/mol. The fourth-order valence-electron chi connectivity index (χ4n) is 4.19. The van der Waals surface area contributed by atoms with Crippen molar-refractivity contribution in [2.45, 2.75) is 118 Å². The average Bonchev–Trinajstić information content (AvgIpc) is 2.72. The normalized spacial score (nSPS) is 12.6. The maximum absolute atomic E-state index is 2.41. The molecule has 0 unspecified atom stereocenters. The fourth-order valence-corrected chi connectivity index (χ4v) is 4.19. The van der Waals surface area contributed by atoms with Crippen molar-refractivity contribution in [3.05, 3.63) is 0 Å². The summed E-state index contributed by atoms with van der Waals surface area (Å²) < 4.78 is 2.52. The molecule has 0 aromatic carbocycles. The van der Waals surface area contributed by atoms with Crippen LogP contribution >= 0.6 is 0 Å². The summed E-state index contributed by atoms with van der Waals surface area (Å²) in [7, 11) is 4.82. The monoisotopic (exact) mass is 398 g/mol. The van der Waals surface area contributed by atoms with E-state index in [-0.39, 0.29) is 0 Å². The SMILES string of the molecule is CC[N+](C)(CC)CCCCCCCCCCCCCCCC[N+](C)(CC)CC. The predicted molar refractivity (Wildman–Crippen MR) is 129 cm³/mol. The molecular formula is C26H58N2+2. The maximum atomic E-state index is 2.41. The molecular weight excluding hydrogens is 340 g/mol. The fraction of sp³-hybridized carbons (Fsp3) is 1.00. The summed E-state index contributed by atoms with van der Waals surface area (Å²) in [5.74, 6) is 0. The Kier molecular flexibility index (Phi) is 17.7. The van der Waals surface area contributed by atoms with Gasteiger partial charge in [-0.3, -0.25) is 0 Å².